The first-order valence-corrected chi connectivity index (χ1v) is 8.68. The van der Waals surface area contributed by atoms with Gasteiger partial charge in [-0.2, -0.15) is 0 Å². The SMILES string of the molecule is CN(C)c1ccnc(CNC(=O)CCCN2C(=O)c3ccccc3C2=O)n1. The lowest BCUT2D eigenvalue weighted by molar-refractivity contribution is -0.121. The topological polar surface area (TPSA) is 95.5 Å². The van der Waals surface area contributed by atoms with Gasteiger partial charge in [-0.05, 0) is 24.6 Å². The molecule has 0 saturated carbocycles. The summed E-state index contributed by atoms with van der Waals surface area (Å²) in [7, 11) is 3.76. The molecule has 0 atom stereocenters. The Morgan fingerprint density at radius 2 is 1.78 bits per heavy atom. The Morgan fingerprint density at radius 3 is 2.41 bits per heavy atom. The molecule has 1 aromatic carbocycles. The third-order valence-electron chi connectivity index (χ3n) is 4.26. The van der Waals surface area contributed by atoms with Crippen LogP contribution in [0.5, 0.6) is 0 Å². The van der Waals surface area contributed by atoms with Crippen LogP contribution in [0.3, 0.4) is 0 Å². The monoisotopic (exact) mass is 367 g/mol. The average molecular weight is 367 g/mol. The van der Waals surface area contributed by atoms with Gasteiger partial charge in [0.2, 0.25) is 5.91 Å². The summed E-state index contributed by atoms with van der Waals surface area (Å²) in [6.07, 6.45) is 2.25. The van der Waals surface area contributed by atoms with Gasteiger partial charge in [0.05, 0.1) is 17.7 Å². The molecule has 8 nitrogen and oxygen atoms in total. The van der Waals surface area contributed by atoms with Gasteiger partial charge < -0.3 is 10.2 Å². The lowest BCUT2D eigenvalue weighted by Gasteiger charge is -2.13. The summed E-state index contributed by atoms with van der Waals surface area (Å²) in [5, 5.41) is 2.76. The summed E-state index contributed by atoms with van der Waals surface area (Å²) in [6.45, 7) is 0.444. The first kappa shape index (κ1) is 18.5. The van der Waals surface area contributed by atoms with E-state index in [1.165, 1.54) is 4.90 Å². The molecule has 2 heterocycles. The van der Waals surface area contributed by atoms with Crippen LogP contribution in [0.4, 0.5) is 5.82 Å². The van der Waals surface area contributed by atoms with Crippen molar-refractivity contribution in [3.63, 3.8) is 0 Å². The molecule has 0 spiro atoms. The molecular formula is C19H21N5O3. The Bertz CT molecular complexity index is 846. The van der Waals surface area contributed by atoms with E-state index < -0.39 is 0 Å². The highest BCUT2D eigenvalue weighted by Gasteiger charge is 2.34. The Hall–Kier alpha value is -3.29. The Labute approximate surface area is 157 Å². The lowest BCUT2D eigenvalue weighted by atomic mass is 10.1. The number of benzene rings is 1. The number of rotatable bonds is 7. The second kappa shape index (κ2) is 7.94. The maximum Gasteiger partial charge on any atom is 0.261 e. The van der Waals surface area contributed by atoms with Gasteiger partial charge in [-0.3, -0.25) is 19.3 Å². The molecule has 1 N–H and O–H groups in total. The molecule has 8 heteroatoms. The standard InChI is InChI=1S/C19H21N5O3/c1-23(2)16-9-10-20-15(22-16)12-21-17(25)8-5-11-24-18(26)13-6-3-4-7-14(13)19(24)27/h3-4,6-7,9-10H,5,8,11-12H2,1-2H3,(H,21,25). The van der Waals surface area contributed by atoms with Crippen LogP contribution in [-0.2, 0) is 11.3 Å². The van der Waals surface area contributed by atoms with Crippen LogP contribution in [0.1, 0.15) is 39.4 Å². The maximum absolute atomic E-state index is 12.3. The van der Waals surface area contributed by atoms with Crippen LogP contribution >= 0.6 is 0 Å². The molecule has 1 aliphatic heterocycles. The number of amides is 3. The van der Waals surface area contributed by atoms with Crippen LogP contribution in [-0.4, -0.2) is 53.2 Å². The van der Waals surface area contributed by atoms with Crippen molar-refractivity contribution in [2.45, 2.75) is 19.4 Å². The summed E-state index contributed by atoms with van der Waals surface area (Å²) >= 11 is 0. The number of nitrogens with zero attached hydrogens (tertiary/aromatic N) is 4. The van der Waals surface area contributed by atoms with Crippen molar-refractivity contribution in [3.8, 4) is 0 Å². The molecule has 27 heavy (non-hydrogen) atoms. The lowest BCUT2D eigenvalue weighted by Crippen LogP contribution is -2.32. The number of fused-ring (bicyclic) bond motifs is 1. The number of anilines is 1. The minimum atomic E-state index is -0.301. The number of hydrogen-bond acceptors (Lipinski definition) is 6. The van der Waals surface area contributed by atoms with E-state index in [0.29, 0.717) is 23.4 Å². The smallest absolute Gasteiger partial charge is 0.261 e. The molecule has 3 amide bonds. The van der Waals surface area contributed by atoms with E-state index in [1.807, 2.05) is 19.0 Å². The number of hydrogen-bond donors (Lipinski definition) is 1. The Kier molecular flexibility index (Phi) is 5.44. The summed E-state index contributed by atoms with van der Waals surface area (Å²) in [6, 6.07) is 8.53. The second-order valence-corrected chi connectivity index (χ2v) is 6.41. The van der Waals surface area contributed by atoms with Gasteiger partial charge in [0.25, 0.3) is 11.8 Å². The predicted molar refractivity (Wildman–Crippen MR) is 99.2 cm³/mol. The van der Waals surface area contributed by atoms with E-state index in [1.54, 1.807) is 36.5 Å². The zero-order chi connectivity index (χ0) is 19.4. The highest BCUT2D eigenvalue weighted by atomic mass is 16.2. The van der Waals surface area contributed by atoms with Gasteiger partial charge in [0, 0.05) is 33.3 Å². The fourth-order valence-electron chi connectivity index (χ4n) is 2.83. The number of nitrogens with one attached hydrogen (secondary N) is 1. The summed E-state index contributed by atoms with van der Waals surface area (Å²) in [4.78, 5) is 48.1. The Morgan fingerprint density at radius 1 is 1.11 bits per heavy atom. The van der Waals surface area contributed by atoms with E-state index in [0.717, 1.165) is 5.82 Å². The third kappa shape index (κ3) is 4.11. The molecular weight excluding hydrogens is 346 g/mol. The fourth-order valence-corrected chi connectivity index (χ4v) is 2.83. The van der Waals surface area contributed by atoms with Gasteiger partial charge in [-0.25, -0.2) is 9.97 Å². The van der Waals surface area contributed by atoms with Crippen molar-refractivity contribution in [1.29, 1.82) is 0 Å². The largest absolute Gasteiger partial charge is 0.363 e. The Balaban J connectivity index is 1.46. The molecule has 0 bridgehead atoms. The van der Waals surface area contributed by atoms with Crippen molar-refractivity contribution in [1.82, 2.24) is 20.2 Å². The van der Waals surface area contributed by atoms with Crippen LogP contribution in [0.2, 0.25) is 0 Å². The van der Waals surface area contributed by atoms with Crippen molar-refractivity contribution in [3.05, 3.63) is 53.5 Å². The van der Waals surface area contributed by atoms with Crippen molar-refractivity contribution >= 4 is 23.5 Å². The summed E-state index contributed by atoms with van der Waals surface area (Å²) in [5.41, 5.74) is 0.842. The molecule has 0 fully saturated rings. The van der Waals surface area contributed by atoms with Crippen LogP contribution in [0, 0.1) is 0 Å². The maximum atomic E-state index is 12.3. The fraction of sp³-hybridized carbons (Fsp3) is 0.316. The van der Waals surface area contributed by atoms with E-state index >= 15 is 0 Å². The zero-order valence-corrected chi connectivity index (χ0v) is 15.3. The summed E-state index contributed by atoms with van der Waals surface area (Å²) in [5.74, 6) is 0.509. The van der Waals surface area contributed by atoms with Gasteiger partial charge in [-0.15, -0.1) is 0 Å². The number of carbonyl (C=O) groups is 3. The van der Waals surface area contributed by atoms with E-state index in [-0.39, 0.29) is 37.2 Å². The highest BCUT2D eigenvalue weighted by molar-refractivity contribution is 6.21. The second-order valence-electron chi connectivity index (χ2n) is 6.41. The van der Waals surface area contributed by atoms with Crippen LogP contribution in [0.25, 0.3) is 0 Å². The van der Waals surface area contributed by atoms with Gasteiger partial charge in [0.15, 0.2) is 0 Å². The molecule has 2 aromatic rings. The van der Waals surface area contributed by atoms with Crippen molar-refractivity contribution < 1.29 is 14.4 Å². The first-order chi connectivity index (χ1) is 13.0. The molecule has 0 saturated heterocycles. The van der Waals surface area contributed by atoms with E-state index in [2.05, 4.69) is 15.3 Å². The average Bonchev–Trinajstić information content (AvgIpc) is 2.92. The molecule has 140 valence electrons. The molecule has 1 aliphatic rings. The molecule has 0 aliphatic carbocycles. The summed E-state index contributed by atoms with van der Waals surface area (Å²) < 4.78 is 0. The number of carbonyl (C=O) groups excluding carboxylic acids is 3. The van der Waals surface area contributed by atoms with Gasteiger partial charge >= 0.3 is 0 Å². The third-order valence-corrected chi connectivity index (χ3v) is 4.26. The predicted octanol–water partition coefficient (Wildman–Crippen LogP) is 1.24. The van der Waals surface area contributed by atoms with Crippen LogP contribution < -0.4 is 10.2 Å². The highest BCUT2D eigenvalue weighted by Crippen LogP contribution is 2.22. The molecule has 0 unspecified atom stereocenters. The van der Waals surface area contributed by atoms with Gasteiger partial charge in [-0.1, -0.05) is 12.1 Å². The van der Waals surface area contributed by atoms with Crippen LogP contribution in [0.15, 0.2) is 36.5 Å². The minimum Gasteiger partial charge on any atom is -0.363 e. The van der Waals surface area contributed by atoms with E-state index in [4.69, 9.17) is 0 Å². The number of aromatic nitrogens is 2. The number of imide groups is 1. The molecule has 0 radical (unpaired) electrons. The molecule has 3 rings (SSSR count). The normalized spacial score (nSPS) is 12.9. The zero-order valence-electron chi connectivity index (χ0n) is 15.3. The van der Waals surface area contributed by atoms with E-state index in [9.17, 15) is 14.4 Å². The van der Waals surface area contributed by atoms with Crippen molar-refractivity contribution in [2.75, 3.05) is 25.5 Å². The molecule has 1 aromatic heterocycles. The minimum absolute atomic E-state index is 0.175. The van der Waals surface area contributed by atoms with Gasteiger partial charge in [0.1, 0.15) is 11.6 Å². The quantitative estimate of drug-likeness (QED) is 0.740. The first-order valence-electron chi connectivity index (χ1n) is 8.68. The van der Waals surface area contributed by atoms with Crippen molar-refractivity contribution in [2.24, 2.45) is 0 Å².